The summed E-state index contributed by atoms with van der Waals surface area (Å²) in [5, 5.41) is 0. The molecule has 0 saturated carbocycles. The lowest BCUT2D eigenvalue weighted by Crippen LogP contribution is -2.33. The molecule has 1 heterocycles. The van der Waals surface area contributed by atoms with Crippen LogP contribution in [0.25, 0.3) is 0 Å². The van der Waals surface area contributed by atoms with Gasteiger partial charge in [-0.2, -0.15) is 0 Å². The molecule has 0 aromatic carbocycles. The summed E-state index contributed by atoms with van der Waals surface area (Å²) in [6.07, 6.45) is -1.95. The maximum Gasteiger partial charge on any atom is 0.416 e. The molecule has 73 valence electrons. The number of likely N-dealkylation sites (tertiary alicyclic amines) is 1. The molecule has 2 amide bonds. The molecule has 1 aliphatic heterocycles. The van der Waals surface area contributed by atoms with E-state index in [1.807, 2.05) is 0 Å². The minimum absolute atomic E-state index is 0.209. The van der Waals surface area contributed by atoms with Gasteiger partial charge in [-0.05, 0) is 6.42 Å². The van der Waals surface area contributed by atoms with Crippen molar-refractivity contribution in [3.63, 3.8) is 0 Å². The van der Waals surface area contributed by atoms with Gasteiger partial charge in [0.05, 0.1) is 6.42 Å². The molecule has 0 atom stereocenters. The van der Waals surface area contributed by atoms with Crippen LogP contribution in [0.2, 0.25) is 0 Å². The highest BCUT2D eigenvalue weighted by atomic mass is 19.3. The van der Waals surface area contributed by atoms with E-state index in [0.29, 0.717) is 6.42 Å². The molecule has 1 fully saturated rings. The van der Waals surface area contributed by atoms with E-state index in [1.54, 1.807) is 0 Å². The lowest BCUT2D eigenvalue weighted by molar-refractivity contribution is -0.123. The van der Waals surface area contributed by atoms with E-state index >= 15 is 0 Å². The van der Waals surface area contributed by atoms with Gasteiger partial charge in [0.1, 0.15) is 0 Å². The molecule has 4 nitrogen and oxygen atoms in total. The number of imide groups is 1. The predicted octanol–water partition coefficient (Wildman–Crippen LogP) is 0.825. The number of ether oxygens (including phenoxy) is 1. The molecule has 1 rings (SSSR count). The molecule has 0 aromatic heterocycles. The average Bonchev–Trinajstić information content (AvgIpc) is 2.47. The third-order valence-corrected chi connectivity index (χ3v) is 1.49. The Morgan fingerprint density at radius 3 is 2.85 bits per heavy atom. The van der Waals surface area contributed by atoms with Gasteiger partial charge in [-0.25, -0.2) is 18.5 Å². The average molecular weight is 192 g/mol. The SMILES string of the molecule is O=C1[CH]CCN1C(=O)OCC(F)F. The van der Waals surface area contributed by atoms with Crippen LogP contribution in [0, 0.1) is 6.42 Å². The second kappa shape index (κ2) is 4.15. The fraction of sp³-hybridized carbons (Fsp3) is 0.571. The van der Waals surface area contributed by atoms with Gasteiger partial charge >= 0.3 is 6.09 Å². The summed E-state index contributed by atoms with van der Waals surface area (Å²) in [4.78, 5) is 22.5. The molecule has 0 unspecified atom stereocenters. The number of hydrogen-bond acceptors (Lipinski definition) is 3. The Morgan fingerprint density at radius 2 is 2.38 bits per heavy atom. The number of hydrogen-bond donors (Lipinski definition) is 0. The van der Waals surface area contributed by atoms with Crippen molar-refractivity contribution in [2.45, 2.75) is 12.8 Å². The highest BCUT2D eigenvalue weighted by Gasteiger charge is 2.28. The highest BCUT2D eigenvalue weighted by molar-refractivity contribution is 5.98. The largest absolute Gasteiger partial charge is 0.443 e. The fourth-order valence-electron chi connectivity index (χ4n) is 0.931. The van der Waals surface area contributed by atoms with Gasteiger partial charge in [-0.1, -0.05) is 0 Å². The lowest BCUT2D eigenvalue weighted by atomic mass is 10.4. The quantitative estimate of drug-likeness (QED) is 0.650. The summed E-state index contributed by atoms with van der Waals surface area (Å²) in [5.41, 5.74) is 0. The number of carbonyl (C=O) groups is 2. The summed E-state index contributed by atoms with van der Waals surface area (Å²) in [6, 6.07) is 0. The third-order valence-electron chi connectivity index (χ3n) is 1.49. The first-order valence-corrected chi connectivity index (χ1v) is 3.71. The zero-order valence-electron chi connectivity index (χ0n) is 6.70. The number of rotatable bonds is 2. The van der Waals surface area contributed by atoms with Gasteiger partial charge in [0.2, 0.25) is 5.91 Å². The number of alkyl halides is 2. The Balaban J connectivity index is 2.34. The van der Waals surface area contributed by atoms with Crippen molar-refractivity contribution in [1.82, 2.24) is 4.90 Å². The fourth-order valence-corrected chi connectivity index (χ4v) is 0.931. The van der Waals surface area contributed by atoms with Crippen molar-refractivity contribution >= 4 is 12.0 Å². The summed E-state index contributed by atoms with van der Waals surface area (Å²) >= 11 is 0. The second-order valence-corrected chi connectivity index (χ2v) is 2.45. The molecule has 0 aromatic rings. The van der Waals surface area contributed by atoms with Crippen molar-refractivity contribution in [2.24, 2.45) is 0 Å². The third kappa shape index (κ3) is 2.64. The van der Waals surface area contributed by atoms with Crippen LogP contribution in [-0.2, 0) is 9.53 Å². The van der Waals surface area contributed by atoms with Crippen LogP contribution in [-0.4, -0.2) is 36.5 Å². The number of carbonyl (C=O) groups excluding carboxylic acids is 2. The van der Waals surface area contributed by atoms with E-state index in [2.05, 4.69) is 4.74 Å². The molecule has 0 aliphatic carbocycles. The minimum atomic E-state index is -2.70. The molecule has 0 spiro atoms. The van der Waals surface area contributed by atoms with Gasteiger partial charge in [0.25, 0.3) is 6.43 Å². The first-order valence-electron chi connectivity index (χ1n) is 3.71. The Hall–Kier alpha value is -1.20. The van der Waals surface area contributed by atoms with Gasteiger partial charge in [0, 0.05) is 6.54 Å². The van der Waals surface area contributed by atoms with Gasteiger partial charge in [-0.3, -0.25) is 4.79 Å². The van der Waals surface area contributed by atoms with Crippen molar-refractivity contribution in [1.29, 1.82) is 0 Å². The number of halogens is 2. The number of nitrogens with zero attached hydrogens (tertiary/aromatic N) is 1. The number of amides is 2. The van der Waals surface area contributed by atoms with Crippen molar-refractivity contribution in [3.8, 4) is 0 Å². The first-order chi connectivity index (χ1) is 6.11. The van der Waals surface area contributed by atoms with E-state index in [1.165, 1.54) is 6.42 Å². The van der Waals surface area contributed by atoms with E-state index in [0.717, 1.165) is 4.90 Å². The van der Waals surface area contributed by atoms with Crippen LogP contribution in [0.1, 0.15) is 6.42 Å². The predicted molar refractivity (Wildman–Crippen MR) is 38.0 cm³/mol. The zero-order chi connectivity index (χ0) is 9.84. The van der Waals surface area contributed by atoms with E-state index in [-0.39, 0.29) is 6.54 Å². The van der Waals surface area contributed by atoms with Crippen molar-refractivity contribution in [3.05, 3.63) is 6.42 Å². The topological polar surface area (TPSA) is 46.6 Å². The smallest absolute Gasteiger partial charge is 0.416 e. The molecule has 6 heteroatoms. The first kappa shape index (κ1) is 9.88. The van der Waals surface area contributed by atoms with Crippen molar-refractivity contribution < 1.29 is 23.1 Å². The van der Waals surface area contributed by atoms with Crippen LogP contribution in [0.5, 0.6) is 0 Å². The Kier molecular flexibility index (Phi) is 3.16. The highest BCUT2D eigenvalue weighted by Crippen LogP contribution is 2.10. The Bertz CT molecular complexity index is 220. The maximum absolute atomic E-state index is 11.6. The molecule has 0 N–H and O–H groups in total. The second-order valence-electron chi connectivity index (χ2n) is 2.45. The van der Waals surface area contributed by atoms with E-state index in [4.69, 9.17) is 0 Å². The Morgan fingerprint density at radius 1 is 1.69 bits per heavy atom. The molecule has 1 aliphatic rings. The van der Waals surface area contributed by atoms with E-state index < -0.39 is 25.0 Å². The summed E-state index contributed by atoms with van der Waals surface area (Å²) in [6.45, 7) is -0.760. The molecule has 13 heavy (non-hydrogen) atoms. The normalized spacial score (nSPS) is 16.8. The molecule has 1 radical (unpaired) electrons. The van der Waals surface area contributed by atoms with E-state index in [9.17, 15) is 18.4 Å². The van der Waals surface area contributed by atoms with Crippen LogP contribution in [0.4, 0.5) is 13.6 Å². The van der Waals surface area contributed by atoms with Gasteiger partial charge in [0.15, 0.2) is 6.61 Å². The summed E-state index contributed by atoms with van der Waals surface area (Å²) in [5.74, 6) is -0.487. The molecule has 1 saturated heterocycles. The standard InChI is InChI=1S/C7H8F2NO3/c8-5(9)4-13-7(12)10-3-1-2-6(10)11/h2,5H,1,3-4H2. The van der Waals surface area contributed by atoms with Gasteiger partial charge in [-0.15, -0.1) is 0 Å². The van der Waals surface area contributed by atoms with Gasteiger partial charge < -0.3 is 4.74 Å². The van der Waals surface area contributed by atoms with Crippen LogP contribution < -0.4 is 0 Å². The summed E-state index contributed by atoms with van der Waals surface area (Å²) < 4.78 is 27.3. The maximum atomic E-state index is 11.6. The molecular formula is C7H8F2NO3. The zero-order valence-corrected chi connectivity index (χ0v) is 6.70. The Labute approximate surface area is 73.5 Å². The van der Waals surface area contributed by atoms with Crippen LogP contribution >= 0.6 is 0 Å². The summed E-state index contributed by atoms with van der Waals surface area (Å²) in [7, 11) is 0. The molecular weight excluding hydrogens is 184 g/mol. The minimum Gasteiger partial charge on any atom is -0.443 e. The van der Waals surface area contributed by atoms with Crippen LogP contribution in [0.3, 0.4) is 0 Å². The van der Waals surface area contributed by atoms with Crippen LogP contribution in [0.15, 0.2) is 0 Å². The monoisotopic (exact) mass is 192 g/mol. The van der Waals surface area contributed by atoms with Crippen molar-refractivity contribution in [2.75, 3.05) is 13.2 Å². The lowest BCUT2D eigenvalue weighted by Gasteiger charge is -2.12. The molecule has 0 bridgehead atoms.